The molecule has 2 N–H and O–H groups in total. The molecule has 1 atom stereocenters. The third-order valence-corrected chi connectivity index (χ3v) is 5.83. The van der Waals surface area contributed by atoms with E-state index >= 15 is 0 Å². The Labute approximate surface area is 204 Å². The molecular formula is C25H24Cl3N3O. The van der Waals surface area contributed by atoms with Crippen molar-refractivity contribution in [1.29, 1.82) is 0 Å². The quantitative estimate of drug-likeness (QED) is 0.303. The third kappa shape index (κ3) is 5.01. The van der Waals surface area contributed by atoms with Gasteiger partial charge in [0.2, 0.25) is 0 Å². The highest BCUT2D eigenvalue weighted by molar-refractivity contribution is 6.32. The molecule has 0 saturated heterocycles. The van der Waals surface area contributed by atoms with E-state index in [0.717, 1.165) is 28.1 Å². The fourth-order valence-electron chi connectivity index (χ4n) is 3.66. The molecule has 32 heavy (non-hydrogen) atoms. The van der Waals surface area contributed by atoms with Crippen molar-refractivity contribution in [3.05, 3.63) is 106 Å². The smallest absolute Gasteiger partial charge is 0.158 e. The first-order chi connectivity index (χ1) is 14.9. The van der Waals surface area contributed by atoms with Crippen LogP contribution in [-0.4, -0.2) is 14.9 Å². The highest BCUT2D eigenvalue weighted by atomic mass is 35.5. The molecule has 4 nitrogen and oxygen atoms in total. The van der Waals surface area contributed by atoms with Crippen molar-refractivity contribution in [3.8, 4) is 16.9 Å². The Morgan fingerprint density at radius 2 is 1.56 bits per heavy atom. The maximum atomic E-state index is 11.3. The SMILES string of the molecule is Cc1c(C(C)(O)NCc2ccccc2)nn(-c2ccccc2Cl)c1-c1ccc(Cl)cc1.Cl. The van der Waals surface area contributed by atoms with E-state index in [4.69, 9.17) is 28.3 Å². The Morgan fingerprint density at radius 1 is 0.938 bits per heavy atom. The Morgan fingerprint density at radius 3 is 2.22 bits per heavy atom. The van der Waals surface area contributed by atoms with Crippen LogP contribution in [0.1, 0.15) is 23.7 Å². The normalized spacial score (nSPS) is 12.8. The zero-order valence-electron chi connectivity index (χ0n) is 17.7. The number of halogens is 3. The zero-order chi connectivity index (χ0) is 22.0. The molecule has 166 valence electrons. The van der Waals surface area contributed by atoms with Crippen LogP contribution in [0.3, 0.4) is 0 Å². The molecule has 1 unspecified atom stereocenters. The second kappa shape index (κ2) is 10.1. The lowest BCUT2D eigenvalue weighted by Crippen LogP contribution is -2.39. The van der Waals surface area contributed by atoms with Gasteiger partial charge < -0.3 is 5.11 Å². The summed E-state index contributed by atoms with van der Waals surface area (Å²) in [5, 5.41) is 20.6. The van der Waals surface area contributed by atoms with Gasteiger partial charge in [-0.1, -0.05) is 77.8 Å². The first-order valence-electron chi connectivity index (χ1n) is 9.99. The number of hydrogen-bond donors (Lipinski definition) is 2. The third-order valence-electron chi connectivity index (χ3n) is 5.26. The number of rotatable bonds is 6. The maximum absolute atomic E-state index is 11.3. The predicted molar refractivity (Wildman–Crippen MR) is 134 cm³/mol. The number of benzene rings is 3. The zero-order valence-corrected chi connectivity index (χ0v) is 20.0. The van der Waals surface area contributed by atoms with Gasteiger partial charge in [-0.15, -0.1) is 12.4 Å². The van der Waals surface area contributed by atoms with Crippen LogP contribution in [-0.2, 0) is 12.3 Å². The molecule has 4 rings (SSSR count). The van der Waals surface area contributed by atoms with E-state index in [2.05, 4.69) is 5.32 Å². The fraction of sp³-hybridized carbons (Fsp3) is 0.160. The van der Waals surface area contributed by atoms with Gasteiger partial charge in [0.15, 0.2) is 5.72 Å². The van der Waals surface area contributed by atoms with Gasteiger partial charge in [-0.25, -0.2) is 4.68 Å². The van der Waals surface area contributed by atoms with Crippen LogP contribution in [0.25, 0.3) is 16.9 Å². The standard InChI is InChI=1S/C25H23Cl2N3O.ClH/c1-17-23(19-12-14-20(26)15-13-19)30(22-11-7-6-10-21(22)27)29-24(17)25(2,31)28-16-18-8-4-3-5-9-18;/h3-15,28,31H,16H2,1-2H3;1H. The molecule has 0 fully saturated rings. The molecule has 0 radical (unpaired) electrons. The van der Waals surface area contributed by atoms with Gasteiger partial charge in [0.25, 0.3) is 0 Å². The van der Waals surface area contributed by atoms with Crippen molar-refractivity contribution in [2.24, 2.45) is 0 Å². The minimum absolute atomic E-state index is 0. The van der Waals surface area contributed by atoms with Gasteiger partial charge in [-0.3, -0.25) is 5.32 Å². The number of nitrogens with one attached hydrogen (secondary N) is 1. The summed E-state index contributed by atoms with van der Waals surface area (Å²) >= 11 is 12.6. The summed E-state index contributed by atoms with van der Waals surface area (Å²) < 4.78 is 1.79. The Balaban J connectivity index is 0.00000289. The minimum Gasteiger partial charge on any atom is -0.370 e. The van der Waals surface area contributed by atoms with Crippen LogP contribution in [0.5, 0.6) is 0 Å². The molecule has 4 aromatic rings. The fourth-order valence-corrected chi connectivity index (χ4v) is 4.00. The van der Waals surface area contributed by atoms with E-state index in [9.17, 15) is 5.11 Å². The number of aromatic nitrogens is 2. The second-order valence-electron chi connectivity index (χ2n) is 7.60. The largest absolute Gasteiger partial charge is 0.370 e. The van der Waals surface area contributed by atoms with Crippen LogP contribution in [0, 0.1) is 6.92 Å². The Kier molecular flexibility index (Phi) is 7.65. The van der Waals surface area contributed by atoms with Gasteiger partial charge in [0.05, 0.1) is 16.4 Å². The molecule has 3 aromatic carbocycles. The number of para-hydroxylation sites is 1. The van der Waals surface area contributed by atoms with Crippen LogP contribution in [0.2, 0.25) is 10.0 Å². The van der Waals surface area contributed by atoms with Crippen molar-refractivity contribution < 1.29 is 5.11 Å². The van der Waals surface area contributed by atoms with Gasteiger partial charge in [-0.2, -0.15) is 5.10 Å². The van der Waals surface area contributed by atoms with Crippen LogP contribution < -0.4 is 5.32 Å². The summed E-state index contributed by atoms with van der Waals surface area (Å²) in [6.07, 6.45) is 0. The molecule has 1 aromatic heterocycles. The summed E-state index contributed by atoms with van der Waals surface area (Å²) in [5.41, 5.74) is 3.63. The molecule has 0 saturated carbocycles. The summed E-state index contributed by atoms with van der Waals surface area (Å²) in [5.74, 6) is 0. The second-order valence-corrected chi connectivity index (χ2v) is 8.45. The highest BCUT2D eigenvalue weighted by Gasteiger charge is 2.31. The monoisotopic (exact) mass is 487 g/mol. The molecule has 1 heterocycles. The predicted octanol–water partition coefficient (Wildman–Crippen LogP) is 6.53. The van der Waals surface area contributed by atoms with Crippen molar-refractivity contribution in [3.63, 3.8) is 0 Å². The average Bonchev–Trinajstić information content (AvgIpc) is 3.12. The Bertz CT molecular complexity index is 1190. The molecule has 0 aliphatic carbocycles. The van der Waals surface area contributed by atoms with E-state index in [1.165, 1.54) is 0 Å². The minimum atomic E-state index is -1.35. The highest BCUT2D eigenvalue weighted by Crippen LogP contribution is 2.35. The van der Waals surface area contributed by atoms with Gasteiger partial charge in [0, 0.05) is 22.7 Å². The molecule has 0 bridgehead atoms. The summed E-state index contributed by atoms with van der Waals surface area (Å²) in [6, 6.07) is 25.0. The molecule has 0 aliphatic heterocycles. The van der Waals surface area contributed by atoms with Crippen molar-refractivity contribution in [2.45, 2.75) is 26.1 Å². The van der Waals surface area contributed by atoms with Crippen molar-refractivity contribution >= 4 is 35.6 Å². The summed E-state index contributed by atoms with van der Waals surface area (Å²) in [6.45, 7) is 4.18. The molecule has 0 amide bonds. The number of hydrogen-bond acceptors (Lipinski definition) is 3. The molecule has 7 heteroatoms. The Hall–Kier alpha value is -2.34. The summed E-state index contributed by atoms with van der Waals surface area (Å²) in [4.78, 5) is 0. The van der Waals surface area contributed by atoms with Gasteiger partial charge >= 0.3 is 0 Å². The lowest BCUT2D eigenvalue weighted by Gasteiger charge is -2.24. The van der Waals surface area contributed by atoms with Crippen molar-refractivity contribution in [2.75, 3.05) is 0 Å². The van der Waals surface area contributed by atoms with Crippen LogP contribution in [0.4, 0.5) is 0 Å². The van der Waals surface area contributed by atoms with Crippen LogP contribution in [0.15, 0.2) is 78.9 Å². The molecule has 0 aliphatic rings. The molecular weight excluding hydrogens is 465 g/mol. The summed E-state index contributed by atoms with van der Waals surface area (Å²) in [7, 11) is 0. The first kappa shape index (κ1) is 24.3. The molecule has 0 spiro atoms. The lowest BCUT2D eigenvalue weighted by atomic mass is 10.0. The van der Waals surface area contributed by atoms with Gasteiger partial charge in [-0.05, 0) is 43.7 Å². The lowest BCUT2D eigenvalue weighted by molar-refractivity contribution is 0.0127. The topological polar surface area (TPSA) is 50.1 Å². The first-order valence-corrected chi connectivity index (χ1v) is 10.7. The van der Waals surface area contributed by atoms with Crippen LogP contribution >= 0.6 is 35.6 Å². The van der Waals surface area contributed by atoms with E-state index in [0.29, 0.717) is 22.3 Å². The maximum Gasteiger partial charge on any atom is 0.158 e. The van der Waals surface area contributed by atoms with E-state index < -0.39 is 5.72 Å². The van der Waals surface area contributed by atoms with Crippen molar-refractivity contribution in [1.82, 2.24) is 15.1 Å². The number of nitrogens with zero attached hydrogens (tertiary/aromatic N) is 2. The van der Waals surface area contributed by atoms with Gasteiger partial charge in [0.1, 0.15) is 5.69 Å². The van der Waals surface area contributed by atoms with E-state index in [1.807, 2.05) is 85.8 Å². The van der Waals surface area contributed by atoms with E-state index in [-0.39, 0.29) is 12.4 Å². The van der Waals surface area contributed by atoms with E-state index in [1.54, 1.807) is 11.6 Å². The average molecular weight is 489 g/mol. The number of aliphatic hydroxyl groups is 1.